The number of nitrogens with one attached hydrogen (secondary N) is 1. The molecule has 0 spiro atoms. The molecule has 0 aliphatic heterocycles. The Labute approximate surface area is 168 Å². The lowest BCUT2D eigenvalue weighted by Crippen LogP contribution is -2.03. The highest BCUT2D eigenvalue weighted by atomic mass is 16.5. The molecule has 1 aliphatic carbocycles. The summed E-state index contributed by atoms with van der Waals surface area (Å²) in [6, 6.07) is 23.5. The Kier molecular flexibility index (Phi) is 4.17. The number of carbonyl (C=O) groups is 1. The summed E-state index contributed by atoms with van der Waals surface area (Å²) < 4.78 is 5.92. The molecule has 0 atom stereocenters. The van der Waals surface area contributed by atoms with E-state index in [1.54, 1.807) is 0 Å². The molecule has 0 fully saturated rings. The predicted octanol–water partition coefficient (Wildman–Crippen LogP) is 5.15. The quantitative estimate of drug-likeness (QED) is 0.372. The molecule has 4 heteroatoms. The van der Waals surface area contributed by atoms with Crippen LogP contribution in [0.1, 0.15) is 27.2 Å². The standard InChI is InChI=1S/C25H20N2O2/c26-21-7-9-23-19(12-21)14-24(27-23)25(28)20-10-17-6-8-22(13-18(17)11-20)29-15-16-4-2-1-3-5-16/h1-9,11-14,27H,10,15,26H2. The molecule has 3 N–H and O–H groups in total. The first-order chi connectivity index (χ1) is 14.2. The Morgan fingerprint density at radius 2 is 1.86 bits per heavy atom. The van der Waals surface area contributed by atoms with Crippen LogP contribution in [0, 0.1) is 0 Å². The van der Waals surface area contributed by atoms with Gasteiger partial charge in [-0.1, -0.05) is 36.4 Å². The van der Waals surface area contributed by atoms with Crippen LogP contribution < -0.4 is 10.5 Å². The van der Waals surface area contributed by atoms with Gasteiger partial charge in [-0.2, -0.15) is 0 Å². The van der Waals surface area contributed by atoms with E-state index in [4.69, 9.17) is 10.5 Å². The van der Waals surface area contributed by atoms with Gasteiger partial charge in [0.05, 0.1) is 5.69 Å². The number of ketones is 1. The number of benzene rings is 3. The molecule has 0 saturated carbocycles. The number of Topliss-reactive ketones (excluding diaryl/α,β-unsaturated/α-hetero) is 1. The number of aromatic amines is 1. The van der Waals surface area contributed by atoms with Crippen molar-refractivity contribution in [3.05, 3.63) is 101 Å². The summed E-state index contributed by atoms with van der Waals surface area (Å²) >= 11 is 0. The lowest BCUT2D eigenvalue weighted by atomic mass is 10.1. The van der Waals surface area contributed by atoms with Crippen LogP contribution >= 0.6 is 0 Å². The van der Waals surface area contributed by atoms with E-state index >= 15 is 0 Å². The number of H-pyrrole nitrogens is 1. The van der Waals surface area contributed by atoms with Gasteiger partial charge in [0.2, 0.25) is 5.78 Å². The van der Waals surface area contributed by atoms with Crippen molar-refractivity contribution in [1.82, 2.24) is 4.98 Å². The van der Waals surface area contributed by atoms with Gasteiger partial charge >= 0.3 is 0 Å². The van der Waals surface area contributed by atoms with Crippen LogP contribution in [0.2, 0.25) is 0 Å². The Hall–Kier alpha value is -3.79. The first kappa shape index (κ1) is 17.3. The van der Waals surface area contributed by atoms with E-state index in [2.05, 4.69) is 4.98 Å². The van der Waals surface area contributed by atoms with Gasteiger partial charge < -0.3 is 15.5 Å². The fourth-order valence-electron chi connectivity index (χ4n) is 3.74. The highest BCUT2D eigenvalue weighted by molar-refractivity contribution is 6.13. The summed E-state index contributed by atoms with van der Waals surface area (Å²) in [5.41, 5.74) is 12.1. The van der Waals surface area contributed by atoms with Gasteiger partial charge in [0, 0.05) is 28.6 Å². The predicted molar refractivity (Wildman–Crippen MR) is 116 cm³/mol. The van der Waals surface area contributed by atoms with Crippen LogP contribution in [-0.2, 0) is 13.0 Å². The lowest BCUT2D eigenvalue weighted by molar-refractivity contribution is 0.103. The molecule has 1 heterocycles. The summed E-state index contributed by atoms with van der Waals surface area (Å²) in [4.78, 5) is 16.2. The zero-order valence-corrected chi connectivity index (χ0v) is 15.8. The molecule has 4 aromatic rings. The van der Waals surface area contributed by atoms with Crippen molar-refractivity contribution in [1.29, 1.82) is 0 Å². The van der Waals surface area contributed by atoms with Gasteiger partial charge in [0.1, 0.15) is 12.4 Å². The minimum Gasteiger partial charge on any atom is -0.489 e. The van der Waals surface area contributed by atoms with E-state index in [0.717, 1.165) is 38.9 Å². The lowest BCUT2D eigenvalue weighted by Gasteiger charge is -2.08. The van der Waals surface area contributed by atoms with Crippen LogP contribution in [0.4, 0.5) is 5.69 Å². The SMILES string of the molecule is Nc1ccc2[nH]c(C(=O)C3=Cc4cc(OCc5ccccc5)ccc4C3)cc2c1. The second kappa shape index (κ2) is 6.99. The van der Waals surface area contributed by atoms with Gasteiger partial charge in [0.15, 0.2) is 0 Å². The number of carbonyl (C=O) groups excluding carboxylic acids is 1. The van der Waals surface area contributed by atoms with E-state index in [9.17, 15) is 4.79 Å². The average Bonchev–Trinajstić information content (AvgIpc) is 3.35. The maximum atomic E-state index is 13.0. The zero-order chi connectivity index (χ0) is 19.8. The zero-order valence-electron chi connectivity index (χ0n) is 15.8. The highest BCUT2D eigenvalue weighted by Gasteiger charge is 2.21. The van der Waals surface area contributed by atoms with Gasteiger partial charge in [0.25, 0.3) is 0 Å². The normalized spacial score (nSPS) is 12.6. The monoisotopic (exact) mass is 380 g/mol. The van der Waals surface area contributed by atoms with Crippen molar-refractivity contribution < 1.29 is 9.53 Å². The number of nitrogens with two attached hydrogens (primary N) is 1. The molecule has 1 aliphatic rings. The van der Waals surface area contributed by atoms with Crippen LogP contribution in [0.5, 0.6) is 5.75 Å². The van der Waals surface area contributed by atoms with Crippen LogP contribution in [-0.4, -0.2) is 10.8 Å². The first-order valence-electron chi connectivity index (χ1n) is 9.59. The van der Waals surface area contributed by atoms with Gasteiger partial charge in [-0.25, -0.2) is 0 Å². The Morgan fingerprint density at radius 1 is 1.00 bits per heavy atom. The topological polar surface area (TPSA) is 68.1 Å². The van der Waals surface area contributed by atoms with Crippen molar-refractivity contribution >= 4 is 28.4 Å². The number of allylic oxidation sites excluding steroid dienone is 1. The first-order valence-corrected chi connectivity index (χ1v) is 9.59. The highest BCUT2D eigenvalue weighted by Crippen LogP contribution is 2.31. The van der Waals surface area contributed by atoms with Crippen molar-refractivity contribution in [3.63, 3.8) is 0 Å². The van der Waals surface area contributed by atoms with Crippen molar-refractivity contribution in [2.24, 2.45) is 0 Å². The molecule has 0 bridgehead atoms. The molecule has 5 rings (SSSR count). The number of hydrogen-bond donors (Lipinski definition) is 2. The van der Waals surface area contributed by atoms with E-state index in [1.165, 1.54) is 0 Å². The third-order valence-corrected chi connectivity index (χ3v) is 5.26. The van der Waals surface area contributed by atoms with E-state index in [0.29, 0.717) is 24.4 Å². The van der Waals surface area contributed by atoms with E-state index in [1.807, 2.05) is 78.9 Å². The molecule has 0 radical (unpaired) electrons. The van der Waals surface area contributed by atoms with Gasteiger partial charge in [-0.3, -0.25) is 4.79 Å². The Bertz CT molecular complexity index is 1250. The average molecular weight is 380 g/mol. The molecular formula is C25H20N2O2. The smallest absolute Gasteiger partial charge is 0.205 e. The molecule has 0 unspecified atom stereocenters. The number of ether oxygens (including phenoxy) is 1. The summed E-state index contributed by atoms with van der Waals surface area (Å²) in [5.74, 6) is 0.821. The molecule has 1 aromatic heterocycles. The molecule has 142 valence electrons. The van der Waals surface area contributed by atoms with Crippen molar-refractivity contribution in [2.75, 3.05) is 5.73 Å². The molecular weight excluding hydrogens is 360 g/mol. The summed E-state index contributed by atoms with van der Waals surface area (Å²) in [6.45, 7) is 0.521. The summed E-state index contributed by atoms with van der Waals surface area (Å²) in [7, 11) is 0. The third kappa shape index (κ3) is 3.41. The van der Waals surface area contributed by atoms with Gasteiger partial charge in [-0.15, -0.1) is 0 Å². The van der Waals surface area contributed by atoms with Crippen LogP contribution in [0.3, 0.4) is 0 Å². The minimum absolute atomic E-state index is 0.0164. The second-order valence-corrected chi connectivity index (χ2v) is 7.34. The molecule has 0 saturated heterocycles. The van der Waals surface area contributed by atoms with E-state index in [-0.39, 0.29) is 5.78 Å². The van der Waals surface area contributed by atoms with E-state index < -0.39 is 0 Å². The summed E-state index contributed by atoms with van der Waals surface area (Å²) in [6.07, 6.45) is 2.59. The van der Waals surface area contributed by atoms with Gasteiger partial charge in [-0.05, 0) is 59.2 Å². The maximum absolute atomic E-state index is 13.0. The number of aromatic nitrogens is 1. The van der Waals surface area contributed by atoms with Crippen LogP contribution in [0.25, 0.3) is 17.0 Å². The Morgan fingerprint density at radius 3 is 2.72 bits per heavy atom. The fraction of sp³-hybridized carbons (Fsp3) is 0.0800. The van der Waals surface area contributed by atoms with Crippen molar-refractivity contribution in [2.45, 2.75) is 13.0 Å². The number of nitrogen functional groups attached to an aromatic ring is 1. The number of hydrogen-bond acceptors (Lipinski definition) is 3. The molecule has 0 amide bonds. The second-order valence-electron chi connectivity index (χ2n) is 7.34. The third-order valence-electron chi connectivity index (χ3n) is 5.26. The Balaban J connectivity index is 1.35. The molecule has 4 nitrogen and oxygen atoms in total. The fourth-order valence-corrected chi connectivity index (χ4v) is 3.74. The number of rotatable bonds is 5. The largest absolute Gasteiger partial charge is 0.489 e. The summed E-state index contributed by atoms with van der Waals surface area (Å²) in [5, 5.41) is 0.945. The number of fused-ring (bicyclic) bond motifs is 2. The minimum atomic E-state index is 0.0164. The molecule has 29 heavy (non-hydrogen) atoms. The number of anilines is 1. The molecule has 3 aromatic carbocycles. The maximum Gasteiger partial charge on any atom is 0.205 e. The van der Waals surface area contributed by atoms with Crippen molar-refractivity contribution in [3.8, 4) is 5.75 Å². The van der Waals surface area contributed by atoms with Crippen LogP contribution in [0.15, 0.2) is 78.4 Å².